The highest BCUT2D eigenvalue weighted by molar-refractivity contribution is 7.47. The molecule has 0 aliphatic rings. The third-order valence-corrected chi connectivity index (χ3v) is 12.1. The molecule has 2 unspecified atom stereocenters. The maximum Gasteiger partial charge on any atom is 0.472 e. The van der Waals surface area contributed by atoms with E-state index in [0.717, 1.165) is 128 Å². The summed E-state index contributed by atoms with van der Waals surface area (Å²) in [7, 11) is 1.43. The Bertz CT molecular complexity index is 1670. The van der Waals surface area contributed by atoms with Gasteiger partial charge in [0, 0.05) is 12.8 Å². The smallest absolute Gasteiger partial charge is 0.462 e. The van der Waals surface area contributed by atoms with Gasteiger partial charge in [-0.05, 0) is 116 Å². The standard InChI is InChI=1S/C62H102NO8P/c1-6-8-10-12-14-16-18-20-21-22-23-24-25-26-27-28-29-30-31-32-33-34-35-36-37-38-39-40-41-43-45-47-49-51-53-55-62(65)71-60(59-70-72(66,67)69-57-56-63(3,4)5)58-68-61(64)54-52-50-48-46-44-42-19-17-15-13-11-9-7-2/h8,10,14,16-17,19-21,23-24,26-27,29-30,32-33,35-36,38-39,41,43,60H,6-7,9,11-13,15,18,22,25,28,31,34,37,40,42,44-59H2,1-5H3/p+1/b10-8-,16-14-,19-17-,21-20-,24-23-,27-26-,30-29-,33-32-,36-35-,39-38-,43-41-. The number of rotatable bonds is 49. The zero-order valence-electron chi connectivity index (χ0n) is 46.1. The highest BCUT2D eigenvalue weighted by atomic mass is 31.2. The lowest BCUT2D eigenvalue weighted by molar-refractivity contribution is -0.870. The van der Waals surface area contributed by atoms with E-state index in [0.29, 0.717) is 17.4 Å². The van der Waals surface area contributed by atoms with Crippen molar-refractivity contribution in [3.05, 3.63) is 134 Å². The van der Waals surface area contributed by atoms with E-state index in [2.05, 4.69) is 148 Å². The quantitative estimate of drug-likeness (QED) is 0.0211. The Kier molecular flexibility index (Phi) is 49.2. The van der Waals surface area contributed by atoms with Crippen LogP contribution in [0.3, 0.4) is 0 Å². The fourth-order valence-corrected chi connectivity index (χ4v) is 7.60. The molecule has 72 heavy (non-hydrogen) atoms. The summed E-state index contributed by atoms with van der Waals surface area (Å²) in [4.78, 5) is 35.5. The number of likely N-dealkylation sites (N-methyl/N-ethyl adjacent to an activating group) is 1. The van der Waals surface area contributed by atoms with Gasteiger partial charge in [0.15, 0.2) is 6.10 Å². The summed E-state index contributed by atoms with van der Waals surface area (Å²) in [6.45, 7) is 4.23. The number of phosphoric ester groups is 1. The minimum absolute atomic E-state index is 0.0178. The molecule has 1 N–H and O–H groups in total. The van der Waals surface area contributed by atoms with Crippen molar-refractivity contribution in [2.24, 2.45) is 0 Å². The van der Waals surface area contributed by atoms with E-state index in [1.165, 1.54) is 32.1 Å². The van der Waals surface area contributed by atoms with E-state index in [9.17, 15) is 19.0 Å². The first-order valence-corrected chi connectivity index (χ1v) is 29.4. The third-order valence-electron chi connectivity index (χ3n) is 11.2. The maximum absolute atomic E-state index is 12.8. The molecule has 0 saturated heterocycles. The number of quaternary nitrogens is 1. The molecule has 0 aromatic carbocycles. The Balaban J connectivity index is 4.25. The molecule has 0 saturated carbocycles. The Labute approximate surface area is 441 Å². The largest absolute Gasteiger partial charge is 0.472 e. The number of allylic oxidation sites excluding steroid dienone is 22. The van der Waals surface area contributed by atoms with Crippen molar-refractivity contribution in [1.82, 2.24) is 0 Å². The second kappa shape index (κ2) is 52.0. The summed E-state index contributed by atoms with van der Waals surface area (Å²) in [6, 6.07) is 0. The van der Waals surface area contributed by atoms with Crippen LogP contribution in [0, 0.1) is 0 Å². The van der Waals surface area contributed by atoms with Crippen LogP contribution < -0.4 is 0 Å². The van der Waals surface area contributed by atoms with Crippen molar-refractivity contribution in [2.75, 3.05) is 47.5 Å². The van der Waals surface area contributed by atoms with Crippen molar-refractivity contribution in [3.8, 4) is 0 Å². The van der Waals surface area contributed by atoms with Crippen LogP contribution in [-0.4, -0.2) is 74.9 Å². The SMILES string of the molecule is CC/C=C\C/C=C\C/C=C\C/C=C\C/C=C\C/C=C\C/C=C\C/C=C\C/C=C\C/C=C\CCCCCCC(=O)OC(COC(=O)CCCCCCC/C=C\CCCCCC)COP(=O)(O)OCC[N+](C)(C)C. The predicted molar refractivity (Wildman–Crippen MR) is 307 cm³/mol. The fraction of sp³-hybridized carbons (Fsp3) is 0.613. The molecule has 9 nitrogen and oxygen atoms in total. The summed E-state index contributed by atoms with van der Waals surface area (Å²) in [6.07, 6.45) is 75.2. The Morgan fingerprint density at radius 2 is 0.792 bits per heavy atom. The molecule has 0 aliphatic carbocycles. The minimum atomic E-state index is -4.40. The Morgan fingerprint density at radius 1 is 0.444 bits per heavy atom. The van der Waals surface area contributed by atoms with Crippen LogP contribution >= 0.6 is 7.82 Å². The third kappa shape index (κ3) is 55.5. The molecule has 0 aromatic heterocycles. The molecule has 2 atom stereocenters. The van der Waals surface area contributed by atoms with Crippen LogP contribution in [0.1, 0.15) is 194 Å². The van der Waals surface area contributed by atoms with Gasteiger partial charge in [0.25, 0.3) is 0 Å². The average molecular weight is 1020 g/mol. The Hall–Kier alpha value is -3.85. The molecule has 0 aliphatic heterocycles. The van der Waals surface area contributed by atoms with E-state index in [-0.39, 0.29) is 26.1 Å². The van der Waals surface area contributed by atoms with Gasteiger partial charge in [-0.25, -0.2) is 4.57 Å². The van der Waals surface area contributed by atoms with Crippen LogP contribution in [0.2, 0.25) is 0 Å². The summed E-state index contributed by atoms with van der Waals surface area (Å²) in [5, 5.41) is 0. The monoisotopic (exact) mass is 1020 g/mol. The van der Waals surface area contributed by atoms with Gasteiger partial charge in [-0.1, -0.05) is 199 Å². The molecule has 0 fully saturated rings. The van der Waals surface area contributed by atoms with Gasteiger partial charge in [-0.15, -0.1) is 0 Å². The van der Waals surface area contributed by atoms with Crippen molar-refractivity contribution in [3.63, 3.8) is 0 Å². The molecule has 0 bridgehead atoms. The molecular weight excluding hydrogens is 918 g/mol. The topological polar surface area (TPSA) is 108 Å². The van der Waals surface area contributed by atoms with Crippen LogP contribution in [-0.2, 0) is 32.7 Å². The highest BCUT2D eigenvalue weighted by Crippen LogP contribution is 2.43. The van der Waals surface area contributed by atoms with Crippen LogP contribution in [0.4, 0.5) is 0 Å². The van der Waals surface area contributed by atoms with Gasteiger partial charge >= 0.3 is 19.8 Å². The molecule has 0 radical (unpaired) electrons. The molecule has 0 amide bonds. The van der Waals surface area contributed by atoms with Gasteiger partial charge in [-0.2, -0.15) is 0 Å². The number of esters is 2. The van der Waals surface area contributed by atoms with Crippen molar-refractivity contribution in [2.45, 2.75) is 200 Å². The normalized spacial score (nSPS) is 14.4. The molecule has 0 rings (SSSR count). The number of hydrogen-bond acceptors (Lipinski definition) is 7. The van der Waals surface area contributed by atoms with E-state index in [1.807, 2.05) is 21.1 Å². The minimum Gasteiger partial charge on any atom is -0.462 e. The number of hydrogen-bond donors (Lipinski definition) is 1. The molecule has 408 valence electrons. The summed E-state index contributed by atoms with van der Waals surface area (Å²) >= 11 is 0. The lowest BCUT2D eigenvalue weighted by Gasteiger charge is -2.24. The van der Waals surface area contributed by atoms with Gasteiger partial charge in [-0.3, -0.25) is 18.6 Å². The van der Waals surface area contributed by atoms with Crippen LogP contribution in [0.25, 0.3) is 0 Å². The van der Waals surface area contributed by atoms with Crippen molar-refractivity contribution >= 4 is 19.8 Å². The summed E-state index contributed by atoms with van der Waals surface area (Å²) in [5.41, 5.74) is 0. The molecule has 0 heterocycles. The molecular formula is C62H103NO8P+. The number of ether oxygens (including phenoxy) is 2. The zero-order valence-corrected chi connectivity index (χ0v) is 47.0. The Morgan fingerprint density at radius 3 is 1.19 bits per heavy atom. The first kappa shape index (κ1) is 68.2. The number of carbonyl (C=O) groups is 2. The number of carbonyl (C=O) groups excluding carboxylic acids is 2. The van der Waals surface area contributed by atoms with E-state index >= 15 is 0 Å². The van der Waals surface area contributed by atoms with Crippen LogP contribution in [0.15, 0.2) is 134 Å². The van der Waals surface area contributed by atoms with Gasteiger partial charge < -0.3 is 18.9 Å². The molecule has 0 aromatic rings. The van der Waals surface area contributed by atoms with Crippen LogP contribution in [0.5, 0.6) is 0 Å². The first-order chi connectivity index (χ1) is 35.0. The average Bonchev–Trinajstić information content (AvgIpc) is 3.34. The maximum atomic E-state index is 12.8. The van der Waals surface area contributed by atoms with Crippen molar-refractivity contribution in [1.29, 1.82) is 0 Å². The molecule has 10 heteroatoms. The highest BCUT2D eigenvalue weighted by Gasteiger charge is 2.27. The molecule has 0 spiro atoms. The first-order valence-electron chi connectivity index (χ1n) is 27.9. The fourth-order valence-electron chi connectivity index (χ4n) is 6.86. The number of phosphoric acid groups is 1. The van der Waals surface area contributed by atoms with E-state index in [1.54, 1.807) is 0 Å². The second-order valence-corrected chi connectivity index (χ2v) is 20.7. The second-order valence-electron chi connectivity index (χ2n) is 19.2. The predicted octanol–water partition coefficient (Wildman–Crippen LogP) is 17.4. The lowest BCUT2D eigenvalue weighted by atomic mass is 10.1. The van der Waals surface area contributed by atoms with E-state index < -0.39 is 32.5 Å². The zero-order chi connectivity index (χ0) is 52.7. The van der Waals surface area contributed by atoms with Gasteiger partial charge in [0.2, 0.25) is 0 Å². The summed E-state index contributed by atoms with van der Waals surface area (Å²) in [5.74, 6) is -0.849. The van der Waals surface area contributed by atoms with Crippen molar-refractivity contribution < 1.29 is 42.1 Å². The number of unbranched alkanes of at least 4 members (excludes halogenated alkanes) is 13. The van der Waals surface area contributed by atoms with Gasteiger partial charge in [0.1, 0.15) is 19.8 Å². The van der Waals surface area contributed by atoms with E-state index in [4.69, 9.17) is 18.5 Å². The lowest BCUT2D eigenvalue weighted by Crippen LogP contribution is -2.37. The summed E-state index contributed by atoms with van der Waals surface area (Å²) < 4.78 is 34.4. The number of nitrogens with zero attached hydrogens (tertiary/aromatic N) is 1. The van der Waals surface area contributed by atoms with Gasteiger partial charge in [0.05, 0.1) is 27.7 Å².